The van der Waals surface area contributed by atoms with Crippen LogP contribution in [0.5, 0.6) is 0 Å². The highest BCUT2D eigenvalue weighted by Crippen LogP contribution is 2.44. The fraction of sp³-hybridized carbons (Fsp3) is 0.615. The molecule has 86 valence electrons. The predicted octanol–water partition coefficient (Wildman–Crippen LogP) is 2.60. The second-order valence-corrected chi connectivity index (χ2v) is 6.14. The summed E-state index contributed by atoms with van der Waals surface area (Å²) >= 11 is 1.66. The van der Waals surface area contributed by atoms with Gasteiger partial charge in [-0.2, -0.15) is 0 Å². The third-order valence-corrected chi connectivity index (χ3v) is 4.88. The highest BCUT2D eigenvalue weighted by molar-refractivity contribution is 7.10. The van der Waals surface area contributed by atoms with Crippen molar-refractivity contribution in [3.05, 3.63) is 22.4 Å². The van der Waals surface area contributed by atoms with Gasteiger partial charge in [0.2, 0.25) is 5.91 Å². The van der Waals surface area contributed by atoms with E-state index in [1.54, 1.807) is 11.3 Å². The van der Waals surface area contributed by atoms with Crippen molar-refractivity contribution in [3.8, 4) is 0 Å². The highest BCUT2D eigenvalue weighted by Gasteiger charge is 2.39. The number of carbonyl (C=O) groups excluding carboxylic acids is 1. The minimum atomic E-state index is 0.208. The molecule has 1 aromatic rings. The van der Waals surface area contributed by atoms with Crippen LogP contribution in [0.4, 0.5) is 0 Å². The molecular weight excluding hydrogens is 218 g/mol. The average Bonchev–Trinajstić information content (AvgIpc) is 2.92. The maximum atomic E-state index is 11.8. The molecule has 2 bridgehead atoms. The van der Waals surface area contributed by atoms with Gasteiger partial charge < -0.3 is 5.32 Å². The molecule has 2 aliphatic rings. The lowest BCUT2D eigenvalue weighted by atomic mass is 9.95. The summed E-state index contributed by atoms with van der Waals surface area (Å²) in [7, 11) is 0. The normalized spacial score (nSPS) is 31.9. The van der Waals surface area contributed by atoms with Crippen molar-refractivity contribution in [2.75, 3.05) is 0 Å². The Kier molecular flexibility index (Phi) is 2.72. The van der Waals surface area contributed by atoms with Gasteiger partial charge in [0.1, 0.15) is 0 Å². The van der Waals surface area contributed by atoms with Crippen molar-refractivity contribution in [1.29, 1.82) is 0 Å². The molecule has 0 aliphatic heterocycles. The summed E-state index contributed by atoms with van der Waals surface area (Å²) in [5.74, 6) is 1.88. The van der Waals surface area contributed by atoms with Crippen LogP contribution >= 0.6 is 11.3 Å². The van der Waals surface area contributed by atoms with Crippen LogP contribution in [0, 0.1) is 11.8 Å². The first-order chi connectivity index (χ1) is 7.81. The Morgan fingerprint density at radius 3 is 3.00 bits per heavy atom. The van der Waals surface area contributed by atoms with Gasteiger partial charge in [-0.25, -0.2) is 0 Å². The van der Waals surface area contributed by atoms with Crippen LogP contribution in [-0.2, 0) is 11.2 Å². The van der Waals surface area contributed by atoms with Gasteiger partial charge in [-0.1, -0.05) is 12.5 Å². The summed E-state index contributed by atoms with van der Waals surface area (Å²) in [4.78, 5) is 13.0. The molecule has 0 radical (unpaired) electrons. The number of amides is 1. The number of fused-ring (bicyclic) bond motifs is 2. The van der Waals surface area contributed by atoms with Crippen LogP contribution in [0.25, 0.3) is 0 Å². The van der Waals surface area contributed by atoms with Crippen LogP contribution in [0.2, 0.25) is 0 Å². The van der Waals surface area contributed by atoms with Crippen molar-refractivity contribution in [2.45, 2.75) is 38.1 Å². The van der Waals surface area contributed by atoms with Gasteiger partial charge in [0, 0.05) is 10.9 Å². The Morgan fingerprint density at radius 2 is 2.38 bits per heavy atom. The van der Waals surface area contributed by atoms with Gasteiger partial charge >= 0.3 is 0 Å². The quantitative estimate of drug-likeness (QED) is 0.857. The zero-order valence-corrected chi connectivity index (χ0v) is 10.1. The predicted molar refractivity (Wildman–Crippen MR) is 65.4 cm³/mol. The topological polar surface area (TPSA) is 29.1 Å². The molecule has 0 spiro atoms. The zero-order chi connectivity index (χ0) is 11.0. The number of hydrogen-bond donors (Lipinski definition) is 1. The van der Waals surface area contributed by atoms with Crippen LogP contribution in [0.3, 0.4) is 0 Å². The van der Waals surface area contributed by atoms with E-state index < -0.39 is 0 Å². The fourth-order valence-electron chi connectivity index (χ4n) is 3.25. The lowest BCUT2D eigenvalue weighted by Gasteiger charge is -2.22. The van der Waals surface area contributed by atoms with Gasteiger partial charge in [0.25, 0.3) is 0 Å². The zero-order valence-electron chi connectivity index (χ0n) is 9.32. The number of carbonyl (C=O) groups is 1. The van der Waals surface area contributed by atoms with Crippen molar-refractivity contribution < 1.29 is 4.79 Å². The average molecular weight is 235 g/mol. The van der Waals surface area contributed by atoms with Gasteiger partial charge in [-0.15, -0.1) is 11.3 Å². The standard InChI is InChI=1S/C13H17NOS/c15-13(8-11-2-1-5-16-11)14-12-7-9-3-4-10(12)6-9/h1-2,5,9-10,12H,3-4,6-8H2,(H,14,15). The molecule has 3 heteroatoms. The van der Waals surface area contributed by atoms with E-state index >= 15 is 0 Å². The van der Waals surface area contributed by atoms with Gasteiger partial charge in [0.15, 0.2) is 0 Å². The number of nitrogens with one attached hydrogen (secondary N) is 1. The van der Waals surface area contributed by atoms with Crippen LogP contribution < -0.4 is 5.32 Å². The lowest BCUT2D eigenvalue weighted by molar-refractivity contribution is -0.121. The molecule has 2 fully saturated rings. The molecule has 0 saturated heterocycles. The number of rotatable bonds is 3. The van der Waals surface area contributed by atoms with Crippen molar-refractivity contribution in [1.82, 2.24) is 5.32 Å². The van der Waals surface area contributed by atoms with E-state index in [0.717, 1.165) is 11.8 Å². The van der Waals surface area contributed by atoms with Crippen LogP contribution in [0.1, 0.15) is 30.6 Å². The first-order valence-electron chi connectivity index (χ1n) is 6.13. The molecule has 3 atom stereocenters. The Hall–Kier alpha value is -0.830. The van der Waals surface area contributed by atoms with E-state index in [9.17, 15) is 4.79 Å². The van der Waals surface area contributed by atoms with E-state index in [1.165, 1.54) is 30.6 Å². The molecule has 1 amide bonds. The van der Waals surface area contributed by atoms with Gasteiger partial charge in [0.05, 0.1) is 6.42 Å². The van der Waals surface area contributed by atoms with Crippen LogP contribution in [-0.4, -0.2) is 11.9 Å². The smallest absolute Gasteiger partial charge is 0.225 e. The van der Waals surface area contributed by atoms with E-state index in [2.05, 4.69) is 5.32 Å². The molecule has 1 heterocycles. The third kappa shape index (κ3) is 2.01. The SMILES string of the molecule is O=C(Cc1cccs1)NC1CC2CCC1C2. The molecule has 3 rings (SSSR count). The molecular formula is C13H17NOS. The van der Waals surface area contributed by atoms with E-state index in [1.807, 2.05) is 17.5 Å². The van der Waals surface area contributed by atoms with Crippen molar-refractivity contribution in [2.24, 2.45) is 11.8 Å². The first kappa shape index (κ1) is 10.3. The Labute approximate surface area is 100 Å². The summed E-state index contributed by atoms with van der Waals surface area (Å²) in [5, 5.41) is 5.24. The van der Waals surface area contributed by atoms with Crippen molar-refractivity contribution >= 4 is 17.2 Å². The molecule has 2 nitrogen and oxygen atoms in total. The Morgan fingerprint density at radius 1 is 1.44 bits per heavy atom. The number of hydrogen-bond acceptors (Lipinski definition) is 2. The van der Waals surface area contributed by atoms with Gasteiger partial charge in [-0.3, -0.25) is 4.79 Å². The maximum Gasteiger partial charge on any atom is 0.225 e. The second kappa shape index (κ2) is 4.21. The first-order valence-corrected chi connectivity index (χ1v) is 7.01. The number of thiophene rings is 1. The summed E-state index contributed by atoms with van der Waals surface area (Å²) in [6.07, 6.45) is 5.85. The second-order valence-electron chi connectivity index (χ2n) is 5.11. The summed E-state index contributed by atoms with van der Waals surface area (Å²) in [6.45, 7) is 0. The third-order valence-electron chi connectivity index (χ3n) is 4.00. The van der Waals surface area contributed by atoms with Crippen molar-refractivity contribution in [3.63, 3.8) is 0 Å². The minimum Gasteiger partial charge on any atom is -0.353 e. The Balaban J connectivity index is 1.53. The maximum absolute atomic E-state index is 11.8. The van der Waals surface area contributed by atoms with E-state index in [4.69, 9.17) is 0 Å². The fourth-order valence-corrected chi connectivity index (χ4v) is 3.95. The molecule has 1 N–H and O–H groups in total. The van der Waals surface area contributed by atoms with Crippen LogP contribution in [0.15, 0.2) is 17.5 Å². The highest BCUT2D eigenvalue weighted by atomic mass is 32.1. The summed E-state index contributed by atoms with van der Waals surface area (Å²) < 4.78 is 0. The largest absolute Gasteiger partial charge is 0.353 e. The van der Waals surface area contributed by atoms with E-state index in [0.29, 0.717) is 12.5 Å². The monoisotopic (exact) mass is 235 g/mol. The Bertz CT molecular complexity index is 373. The molecule has 16 heavy (non-hydrogen) atoms. The molecule has 2 saturated carbocycles. The van der Waals surface area contributed by atoms with Gasteiger partial charge in [-0.05, 0) is 42.5 Å². The van der Waals surface area contributed by atoms with E-state index in [-0.39, 0.29) is 5.91 Å². The minimum absolute atomic E-state index is 0.208. The summed E-state index contributed by atoms with van der Waals surface area (Å²) in [5.41, 5.74) is 0. The molecule has 0 aromatic carbocycles. The molecule has 1 aromatic heterocycles. The molecule has 3 unspecified atom stereocenters. The molecule has 2 aliphatic carbocycles. The lowest BCUT2D eigenvalue weighted by Crippen LogP contribution is -2.39. The summed E-state index contributed by atoms with van der Waals surface area (Å²) in [6, 6.07) is 4.52.